The fraction of sp³-hybridized carbons (Fsp3) is 0.241. The number of carbonyl (C=O) groups is 1. The minimum absolute atomic E-state index is 0.134. The summed E-state index contributed by atoms with van der Waals surface area (Å²) < 4.78 is 47.4. The van der Waals surface area contributed by atoms with E-state index in [0.717, 1.165) is 23.0 Å². The van der Waals surface area contributed by atoms with Crippen molar-refractivity contribution in [2.45, 2.75) is 18.2 Å². The SMILES string of the molecule is CCCOc1cc(F)cc(NC(=O)N2CCN(S(=O)(=O)c3ccc(Nc4ccnc5cc(Cl)ccc45)cc3)CC2)c1. The first-order chi connectivity index (χ1) is 19.7. The van der Waals surface area contributed by atoms with Crippen LogP contribution >= 0.6 is 11.6 Å². The number of aromatic nitrogens is 1. The first kappa shape index (κ1) is 28.6. The summed E-state index contributed by atoms with van der Waals surface area (Å²) in [6, 6.07) is 17.4. The summed E-state index contributed by atoms with van der Waals surface area (Å²) in [5.41, 5.74) is 2.55. The largest absolute Gasteiger partial charge is 0.493 e. The van der Waals surface area contributed by atoms with Crippen LogP contribution in [-0.4, -0.2) is 61.4 Å². The number of nitrogens with zero attached hydrogens (tertiary/aromatic N) is 3. The minimum Gasteiger partial charge on any atom is -0.493 e. The molecule has 41 heavy (non-hydrogen) atoms. The zero-order chi connectivity index (χ0) is 29.0. The number of halogens is 2. The number of hydrogen-bond donors (Lipinski definition) is 2. The van der Waals surface area contributed by atoms with Gasteiger partial charge in [-0.3, -0.25) is 4.98 Å². The summed E-state index contributed by atoms with van der Waals surface area (Å²) in [7, 11) is -3.76. The molecule has 9 nitrogen and oxygen atoms in total. The Bertz CT molecular complexity index is 1660. The van der Waals surface area contributed by atoms with Crippen LogP contribution < -0.4 is 15.4 Å². The van der Waals surface area contributed by atoms with Crippen LogP contribution in [0.15, 0.2) is 77.8 Å². The van der Waals surface area contributed by atoms with Crippen LogP contribution in [-0.2, 0) is 10.0 Å². The number of benzene rings is 3. The van der Waals surface area contributed by atoms with Crippen LogP contribution in [0.3, 0.4) is 0 Å². The van der Waals surface area contributed by atoms with E-state index in [1.165, 1.54) is 21.3 Å². The van der Waals surface area contributed by atoms with E-state index in [0.29, 0.717) is 23.1 Å². The van der Waals surface area contributed by atoms with Gasteiger partial charge in [0, 0.05) is 72.0 Å². The number of rotatable bonds is 8. The fourth-order valence-corrected chi connectivity index (χ4v) is 6.11. The molecule has 1 aliphatic heterocycles. The lowest BCUT2D eigenvalue weighted by molar-refractivity contribution is 0.184. The van der Waals surface area contributed by atoms with Gasteiger partial charge < -0.3 is 20.3 Å². The van der Waals surface area contributed by atoms with E-state index in [1.807, 2.05) is 19.1 Å². The Morgan fingerprint density at radius 3 is 2.49 bits per heavy atom. The van der Waals surface area contributed by atoms with Crippen molar-refractivity contribution in [3.63, 3.8) is 0 Å². The Balaban J connectivity index is 1.20. The summed E-state index contributed by atoms with van der Waals surface area (Å²) in [6.07, 6.45) is 2.45. The molecule has 2 heterocycles. The number of pyridine rings is 1. The van der Waals surface area contributed by atoms with Gasteiger partial charge in [0.2, 0.25) is 10.0 Å². The van der Waals surface area contributed by atoms with Crippen molar-refractivity contribution in [1.82, 2.24) is 14.2 Å². The third-order valence-electron chi connectivity index (χ3n) is 6.60. The second-order valence-corrected chi connectivity index (χ2v) is 11.9. The molecule has 0 radical (unpaired) electrons. The molecule has 4 aromatic rings. The lowest BCUT2D eigenvalue weighted by Crippen LogP contribution is -2.51. The van der Waals surface area contributed by atoms with Gasteiger partial charge in [-0.1, -0.05) is 18.5 Å². The van der Waals surface area contributed by atoms with E-state index >= 15 is 0 Å². The molecule has 0 bridgehead atoms. The Morgan fingerprint density at radius 1 is 1.00 bits per heavy atom. The van der Waals surface area contributed by atoms with Gasteiger partial charge in [-0.25, -0.2) is 17.6 Å². The van der Waals surface area contributed by atoms with Crippen molar-refractivity contribution in [3.05, 3.63) is 83.8 Å². The number of fused-ring (bicyclic) bond motifs is 1. The molecule has 1 fully saturated rings. The predicted molar refractivity (Wildman–Crippen MR) is 158 cm³/mol. The highest BCUT2D eigenvalue weighted by Gasteiger charge is 2.30. The van der Waals surface area contributed by atoms with Gasteiger partial charge >= 0.3 is 6.03 Å². The number of hydrogen-bond acceptors (Lipinski definition) is 6. The first-order valence-electron chi connectivity index (χ1n) is 13.1. The maximum absolute atomic E-state index is 14.0. The topological polar surface area (TPSA) is 104 Å². The minimum atomic E-state index is -3.76. The zero-order valence-corrected chi connectivity index (χ0v) is 23.9. The third kappa shape index (κ3) is 6.70. The van der Waals surface area contributed by atoms with Crippen molar-refractivity contribution in [1.29, 1.82) is 0 Å². The summed E-state index contributed by atoms with van der Waals surface area (Å²) in [6.45, 7) is 3.03. The molecule has 0 saturated carbocycles. The first-order valence-corrected chi connectivity index (χ1v) is 15.0. The highest BCUT2D eigenvalue weighted by Crippen LogP contribution is 2.28. The molecule has 0 atom stereocenters. The second-order valence-electron chi connectivity index (χ2n) is 9.51. The molecule has 1 aromatic heterocycles. The Morgan fingerprint density at radius 2 is 1.76 bits per heavy atom. The van der Waals surface area contributed by atoms with Crippen LogP contribution in [0.5, 0.6) is 5.75 Å². The molecule has 0 aliphatic carbocycles. The van der Waals surface area contributed by atoms with Gasteiger partial charge in [-0.15, -0.1) is 0 Å². The molecule has 0 spiro atoms. The van der Waals surface area contributed by atoms with Gasteiger partial charge in [0.05, 0.1) is 17.0 Å². The van der Waals surface area contributed by atoms with E-state index in [2.05, 4.69) is 15.6 Å². The normalized spacial score (nSPS) is 14.2. The molecule has 1 aliphatic rings. The number of nitrogens with one attached hydrogen (secondary N) is 2. The number of sulfonamides is 1. The van der Waals surface area contributed by atoms with E-state index in [4.69, 9.17) is 16.3 Å². The molecular formula is C29H29ClFN5O4S. The Kier molecular flexibility index (Phi) is 8.57. The van der Waals surface area contributed by atoms with Crippen molar-refractivity contribution >= 4 is 55.6 Å². The fourth-order valence-electron chi connectivity index (χ4n) is 4.52. The van der Waals surface area contributed by atoms with Crippen LogP contribution in [0.4, 0.5) is 26.2 Å². The predicted octanol–water partition coefficient (Wildman–Crippen LogP) is 6.10. The molecule has 12 heteroatoms. The molecule has 2 N–H and O–H groups in total. The van der Waals surface area contributed by atoms with Crippen LogP contribution in [0.1, 0.15) is 13.3 Å². The molecule has 3 aromatic carbocycles. The number of piperazine rings is 1. The molecule has 2 amide bonds. The number of anilines is 3. The second kappa shape index (κ2) is 12.3. The molecule has 5 rings (SSSR count). The van der Waals surface area contributed by atoms with Crippen LogP contribution in [0, 0.1) is 5.82 Å². The van der Waals surface area contributed by atoms with Gasteiger partial charge in [0.25, 0.3) is 0 Å². The Labute approximate surface area is 242 Å². The average molecular weight is 598 g/mol. The van der Waals surface area contributed by atoms with E-state index in [-0.39, 0.29) is 36.8 Å². The zero-order valence-electron chi connectivity index (χ0n) is 22.3. The van der Waals surface area contributed by atoms with E-state index in [9.17, 15) is 17.6 Å². The molecule has 214 valence electrons. The van der Waals surface area contributed by atoms with Gasteiger partial charge in [0.1, 0.15) is 11.6 Å². The highest BCUT2D eigenvalue weighted by molar-refractivity contribution is 7.89. The van der Waals surface area contributed by atoms with Crippen molar-refractivity contribution < 1.29 is 22.3 Å². The monoisotopic (exact) mass is 597 g/mol. The van der Waals surface area contributed by atoms with Crippen molar-refractivity contribution in [2.24, 2.45) is 0 Å². The third-order valence-corrected chi connectivity index (χ3v) is 8.75. The number of ether oxygens (including phenoxy) is 1. The highest BCUT2D eigenvalue weighted by atomic mass is 35.5. The average Bonchev–Trinajstić information content (AvgIpc) is 2.96. The smallest absolute Gasteiger partial charge is 0.321 e. The van der Waals surface area contributed by atoms with Crippen LogP contribution in [0.2, 0.25) is 5.02 Å². The number of amides is 2. The van der Waals surface area contributed by atoms with Gasteiger partial charge in [-0.2, -0.15) is 4.31 Å². The summed E-state index contributed by atoms with van der Waals surface area (Å²) in [4.78, 5) is 18.8. The Hall–Kier alpha value is -3.93. The summed E-state index contributed by atoms with van der Waals surface area (Å²) in [5, 5.41) is 7.46. The van der Waals surface area contributed by atoms with Gasteiger partial charge in [0.15, 0.2) is 0 Å². The van der Waals surface area contributed by atoms with E-state index in [1.54, 1.807) is 48.7 Å². The maximum atomic E-state index is 14.0. The molecular weight excluding hydrogens is 569 g/mol. The number of urea groups is 1. The molecule has 1 saturated heterocycles. The lowest BCUT2D eigenvalue weighted by atomic mass is 10.2. The van der Waals surface area contributed by atoms with E-state index < -0.39 is 21.9 Å². The summed E-state index contributed by atoms with van der Waals surface area (Å²) in [5.74, 6) is -0.191. The quantitative estimate of drug-likeness (QED) is 0.254. The van der Waals surface area contributed by atoms with Crippen molar-refractivity contribution in [2.75, 3.05) is 43.4 Å². The van der Waals surface area contributed by atoms with Crippen LogP contribution in [0.25, 0.3) is 10.9 Å². The standard InChI is InChI=1S/C29H29ClFN5O4S/c1-2-15-40-24-18-21(31)17-23(19-24)34-29(37)35-11-13-36(14-12-35)41(38,39)25-6-4-22(5-7-25)33-27-9-10-32-28-16-20(30)3-8-26(27)28/h3-10,16-19H,2,11-15H2,1H3,(H,32,33)(H,34,37). The lowest BCUT2D eigenvalue weighted by Gasteiger charge is -2.34. The van der Waals surface area contributed by atoms with Crippen molar-refractivity contribution in [3.8, 4) is 5.75 Å². The molecule has 0 unspecified atom stereocenters. The van der Waals surface area contributed by atoms with Gasteiger partial charge in [-0.05, 0) is 61.0 Å². The summed E-state index contributed by atoms with van der Waals surface area (Å²) >= 11 is 6.08. The maximum Gasteiger partial charge on any atom is 0.321 e. The number of carbonyl (C=O) groups excluding carboxylic acids is 1.